The van der Waals surface area contributed by atoms with E-state index in [1.165, 1.54) is 18.2 Å². The van der Waals surface area contributed by atoms with E-state index >= 15 is 0 Å². The molecule has 0 aliphatic rings. The fraction of sp³-hybridized carbons (Fsp3) is 0.364. The van der Waals surface area contributed by atoms with Crippen molar-refractivity contribution in [2.75, 3.05) is 6.61 Å². The lowest BCUT2D eigenvalue weighted by atomic mass is 10.2. The van der Waals surface area contributed by atoms with Gasteiger partial charge >= 0.3 is 6.36 Å². The smallest absolute Gasteiger partial charge is 0.490 e. The fourth-order valence-corrected chi connectivity index (χ4v) is 1.19. The lowest BCUT2D eigenvalue weighted by Crippen LogP contribution is -2.19. The zero-order valence-electron chi connectivity index (χ0n) is 9.12. The lowest BCUT2D eigenvalue weighted by Gasteiger charge is -2.16. The number of benzene rings is 1. The molecular formula is C11H12F3O3. The van der Waals surface area contributed by atoms with Crippen LogP contribution in [0, 0.1) is 6.61 Å². The van der Waals surface area contributed by atoms with Crippen molar-refractivity contribution in [2.45, 2.75) is 19.7 Å². The molecule has 0 unspecified atom stereocenters. The molecule has 1 aromatic carbocycles. The van der Waals surface area contributed by atoms with E-state index in [0.717, 1.165) is 0 Å². The molecule has 0 saturated carbocycles. The Morgan fingerprint density at radius 3 is 2.59 bits per heavy atom. The highest BCUT2D eigenvalue weighted by molar-refractivity contribution is 5.49. The molecular weight excluding hydrogens is 237 g/mol. The van der Waals surface area contributed by atoms with Crippen LogP contribution in [0.1, 0.15) is 18.9 Å². The van der Waals surface area contributed by atoms with Crippen LogP contribution in [-0.2, 0) is 0 Å². The Bertz CT molecular complexity index is 363. The topological polar surface area (TPSA) is 38.7 Å². The molecule has 1 N–H and O–H groups in total. The Morgan fingerprint density at radius 1 is 1.35 bits per heavy atom. The molecule has 0 aliphatic carbocycles. The monoisotopic (exact) mass is 249 g/mol. The summed E-state index contributed by atoms with van der Waals surface area (Å²) in [4.78, 5) is 0. The molecule has 0 atom stereocenters. The van der Waals surface area contributed by atoms with Gasteiger partial charge in [0.25, 0.3) is 0 Å². The molecule has 17 heavy (non-hydrogen) atoms. The highest BCUT2D eigenvalue weighted by atomic mass is 19.4. The molecule has 0 aromatic heterocycles. The summed E-state index contributed by atoms with van der Waals surface area (Å²) < 4.78 is 45.5. The molecule has 0 fully saturated rings. The van der Waals surface area contributed by atoms with Crippen LogP contribution in [0.3, 0.4) is 0 Å². The summed E-state index contributed by atoms with van der Waals surface area (Å²) in [5.74, 6) is -0.581. The van der Waals surface area contributed by atoms with Crippen molar-refractivity contribution in [1.82, 2.24) is 0 Å². The number of alkyl halides is 3. The predicted molar refractivity (Wildman–Crippen MR) is 54.2 cm³/mol. The first-order valence-electron chi connectivity index (χ1n) is 4.97. The summed E-state index contributed by atoms with van der Waals surface area (Å²) in [7, 11) is 0. The van der Waals surface area contributed by atoms with Crippen LogP contribution in [0.5, 0.6) is 11.5 Å². The van der Waals surface area contributed by atoms with Crippen LogP contribution in [0.15, 0.2) is 18.2 Å². The third kappa shape index (κ3) is 4.14. The van der Waals surface area contributed by atoms with Gasteiger partial charge in [-0.05, 0) is 12.5 Å². The van der Waals surface area contributed by atoms with E-state index in [2.05, 4.69) is 4.74 Å². The van der Waals surface area contributed by atoms with Gasteiger partial charge < -0.3 is 14.6 Å². The third-order valence-corrected chi connectivity index (χ3v) is 1.83. The van der Waals surface area contributed by atoms with Gasteiger partial charge in [-0.1, -0.05) is 19.1 Å². The summed E-state index contributed by atoms with van der Waals surface area (Å²) in [6.07, 6.45) is -4.18. The Morgan fingerprint density at radius 2 is 2.06 bits per heavy atom. The Labute approximate surface area is 96.8 Å². The zero-order valence-corrected chi connectivity index (χ0v) is 9.12. The summed E-state index contributed by atoms with van der Waals surface area (Å²) in [5.41, 5.74) is -0.0871. The minimum Gasteiger partial charge on any atom is -0.490 e. The van der Waals surface area contributed by atoms with E-state index in [9.17, 15) is 13.2 Å². The minimum atomic E-state index is -4.83. The second-order valence-corrected chi connectivity index (χ2v) is 3.20. The van der Waals surface area contributed by atoms with Crippen LogP contribution in [0.4, 0.5) is 13.2 Å². The lowest BCUT2D eigenvalue weighted by molar-refractivity contribution is -0.275. The van der Waals surface area contributed by atoms with Crippen LogP contribution < -0.4 is 9.47 Å². The van der Waals surface area contributed by atoms with E-state index in [0.29, 0.717) is 13.0 Å². The molecule has 0 saturated heterocycles. The first-order valence-corrected chi connectivity index (χ1v) is 4.97. The number of ether oxygens (including phenoxy) is 2. The van der Waals surface area contributed by atoms with Gasteiger partial charge in [0, 0.05) is 5.56 Å². The average Bonchev–Trinajstić information content (AvgIpc) is 2.25. The molecule has 1 rings (SSSR count). The summed E-state index contributed by atoms with van der Waals surface area (Å²) in [5, 5.41) is 8.84. The fourth-order valence-electron chi connectivity index (χ4n) is 1.19. The minimum absolute atomic E-state index is 0.0491. The van der Waals surface area contributed by atoms with Gasteiger partial charge in [-0.2, -0.15) is 0 Å². The average molecular weight is 249 g/mol. The highest BCUT2D eigenvalue weighted by Crippen LogP contribution is 2.36. The van der Waals surface area contributed by atoms with E-state index in [1.54, 1.807) is 0 Å². The van der Waals surface area contributed by atoms with Gasteiger partial charge in [0.05, 0.1) is 6.61 Å². The van der Waals surface area contributed by atoms with Crippen LogP contribution in [0.25, 0.3) is 0 Å². The van der Waals surface area contributed by atoms with E-state index in [1.807, 2.05) is 6.92 Å². The standard InChI is InChI=1S/C11H12F3O3/c1-2-6-16-9-5-3-4-8(7-15)10(9)17-11(12,13)14/h3-5,7,15H,2,6H2,1H3. The highest BCUT2D eigenvalue weighted by Gasteiger charge is 2.33. The van der Waals surface area contributed by atoms with Crippen molar-refractivity contribution >= 4 is 0 Å². The molecule has 1 aromatic rings. The first kappa shape index (κ1) is 13.6. The van der Waals surface area contributed by atoms with Crippen molar-refractivity contribution in [3.8, 4) is 11.5 Å². The second-order valence-electron chi connectivity index (χ2n) is 3.20. The maximum Gasteiger partial charge on any atom is 0.573 e. The van der Waals surface area contributed by atoms with E-state index in [4.69, 9.17) is 9.84 Å². The number of rotatable bonds is 5. The number of aliphatic hydroxyl groups is 1. The SMILES string of the molecule is CCCOc1cccc([CH]O)c1OC(F)(F)F. The number of hydrogen-bond acceptors (Lipinski definition) is 3. The number of halogens is 3. The number of para-hydroxylation sites is 1. The summed E-state index contributed by atoms with van der Waals surface area (Å²) in [6.45, 7) is 2.63. The Hall–Kier alpha value is -1.43. The molecule has 0 bridgehead atoms. The largest absolute Gasteiger partial charge is 0.573 e. The number of hydrogen-bond donors (Lipinski definition) is 1. The molecule has 3 nitrogen and oxygen atoms in total. The zero-order chi connectivity index (χ0) is 12.9. The first-order chi connectivity index (χ1) is 7.98. The molecule has 1 radical (unpaired) electrons. The van der Waals surface area contributed by atoms with Gasteiger partial charge in [-0.3, -0.25) is 0 Å². The second kappa shape index (κ2) is 5.77. The molecule has 0 spiro atoms. The van der Waals surface area contributed by atoms with Gasteiger partial charge in [0.15, 0.2) is 11.5 Å². The third-order valence-electron chi connectivity index (χ3n) is 1.83. The molecule has 6 heteroatoms. The van der Waals surface area contributed by atoms with Crippen molar-refractivity contribution < 1.29 is 27.8 Å². The van der Waals surface area contributed by atoms with Crippen LogP contribution in [-0.4, -0.2) is 18.1 Å². The van der Waals surface area contributed by atoms with Gasteiger partial charge in [-0.25, -0.2) is 0 Å². The molecule has 0 heterocycles. The Kier molecular flexibility index (Phi) is 4.62. The van der Waals surface area contributed by atoms with Crippen molar-refractivity contribution in [3.63, 3.8) is 0 Å². The molecule has 0 aliphatic heterocycles. The van der Waals surface area contributed by atoms with Crippen LogP contribution >= 0.6 is 0 Å². The summed E-state index contributed by atoms with van der Waals surface area (Å²) in [6, 6.07) is 4.11. The summed E-state index contributed by atoms with van der Waals surface area (Å²) >= 11 is 0. The van der Waals surface area contributed by atoms with Crippen LogP contribution in [0.2, 0.25) is 0 Å². The van der Waals surface area contributed by atoms with Gasteiger partial charge in [0.1, 0.15) is 6.61 Å². The maximum atomic E-state index is 12.2. The quantitative estimate of drug-likeness (QED) is 0.870. The van der Waals surface area contributed by atoms with Crippen molar-refractivity contribution in [2.24, 2.45) is 0 Å². The van der Waals surface area contributed by atoms with Crippen molar-refractivity contribution in [1.29, 1.82) is 0 Å². The predicted octanol–water partition coefficient (Wildman–Crippen LogP) is 3.26. The van der Waals surface area contributed by atoms with E-state index in [-0.39, 0.29) is 17.9 Å². The van der Waals surface area contributed by atoms with Crippen molar-refractivity contribution in [3.05, 3.63) is 30.4 Å². The normalized spacial score (nSPS) is 11.4. The molecule has 0 amide bonds. The number of aliphatic hydroxyl groups excluding tert-OH is 1. The van der Waals surface area contributed by atoms with Gasteiger partial charge in [0.2, 0.25) is 0 Å². The Balaban J connectivity index is 3.02. The molecule has 95 valence electrons. The maximum absolute atomic E-state index is 12.2. The van der Waals surface area contributed by atoms with E-state index < -0.39 is 12.1 Å². The van der Waals surface area contributed by atoms with Gasteiger partial charge in [-0.15, -0.1) is 13.2 Å².